The molecule has 21 heavy (non-hydrogen) atoms. The molecule has 0 spiro atoms. The van der Waals surface area contributed by atoms with Crippen molar-refractivity contribution < 1.29 is 9.47 Å². The van der Waals surface area contributed by atoms with E-state index in [-0.39, 0.29) is 0 Å². The maximum absolute atomic E-state index is 5.68. The molecule has 0 heterocycles. The van der Waals surface area contributed by atoms with Gasteiger partial charge in [-0.15, -0.1) is 0 Å². The van der Waals surface area contributed by atoms with Crippen LogP contribution in [-0.4, -0.2) is 27.3 Å². The average molecular weight is 286 g/mol. The second-order valence-electron chi connectivity index (χ2n) is 4.89. The molecule has 0 saturated heterocycles. The van der Waals surface area contributed by atoms with Gasteiger partial charge in [-0.1, -0.05) is 0 Å². The van der Waals surface area contributed by atoms with Crippen molar-refractivity contribution in [1.29, 1.82) is 0 Å². The molecule has 112 valence electrons. The molecule has 2 N–H and O–H groups in total. The van der Waals surface area contributed by atoms with Gasteiger partial charge in [0.2, 0.25) is 0 Å². The molecule has 0 bridgehead atoms. The third-order valence-corrected chi connectivity index (χ3v) is 3.30. The van der Waals surface area contributed by atoms with Crippen molar-refractivity contribution in [2.75, 3.05) is 37.9 Å². The summed E-state index contributed by atoms with van der Waals surface area (Å²) in [6.45, 7) is 1.62. The van der Waals surface area contributed by atoms with Crippen molar-refractivity contribution in [3.8, 4) is 11.5 Å². The standard InChI is InChI=1S/C17H22N2O2/c1-19(15-6-10-16(20-2)11-7-15)12-3-13-21-17-8-4-14(18)5-9-17/h4-11H,3,12-13,18H2,1-2H3. The van der Waals surface area contributed by atoms with Gasteiger partial charge in [0.05, 0.1) is 13.7 Å². The maximum atomic E-state index is 5.68. The van der Waals surface area contributed by atoms with E-state index in [1.807, 2.05) is 36.4 Å². The van der Waals surface area contributed by atoms with E-state index in [9.17, 15) is 0 Å². The van der Waals surface area contributed by atoms with Crippen molar-refractivity contribution in [2.24, 2.45) is 0 Å². The van der Waals surface area contributed by atoms with Crippen LogP contribution in [0.15, 0.2) is 48.5 Å². The second kappa shape index (κ2) is 7.43. The molecule has 2 aromatic rings. The molecule has 0 saturated carbocycles. The fourth-order valence-corrected chi connectivity index (χ4v) is 2.02. The van der Waals surface area contributed by atoms with Gasteiger partial charge in [-0.2, -0.15) is 0 Å². The van der Waals surface area contributed by atoms with Gasteiger partial charge in [0.1, 0.15) is 11.5 Å². The summed E-state index contributed by atoms with van der Waals surface area (Å²) in [6, 6.07) is 15.5. The smallest absolute Gasteiger partial charge is 0.119 e. The molecule has 0 fully saturated rings. The highest BCUT2D eigenvalue weighted by Crippen LogP contribution is 2.18. The Bertz CT molecular complexity index is 538. The van der Waals surface area contributed by atoms with E-state index in [0.717, 1.165) is 30.2 Å². The lowest BCUT2D eigenvalue weighted by molar-refractivity contribution is 0.312. The number of nitrogens with two attached hydrogens (primary N) is 1. The molecular weight excluding hydrogens is 264 g/mol. The minimum absolute atomic E-state index is 0.685. The van der Waals surface area contributed by atoms with Crippen LogP contribution in [0.3, 0.4) is 0 Å². The van der Waals surface area contributed by atoms with Crippen LogP contribution in [0.4, 0.5) is 11.4 Å². The predicted molar refractivity (Wildman–Crippen MR) is 87.2 cm³/mol. The highest BCUT2D eigenvalue weighted by Gasteiger charge is 2.01. The van der Waals surface area contributed by atoms with Gasteiger partial charge in [0.15, 0.2) is 0 Å². The van der Waals surface area contributed by atoms with Gasteiger partial charge in [-0.3, -0.25) is 0 Å². The zero-order valence-corrected chi connectivity index (χ0v) is 12.6. The van der Waals surface area contributed by atoms with E-state index in [1.165, 1.54) is 5.69 Å². The van der Waals surface area contributed by atoms with Gasteiger partial charge in [-0.25, -0.2) is 0 Å². The number of rotatable bonds is 7. The first-order valence-electron chi connectivity index (χ1n) is 7.02. The molecular formula is C17H22N2O2. The third-order valence-electron chi connectivity index (χ3n) is 3.30. The number of benzene rings is 2. The van der Waals surface area contributed by atoms with Crippen LogP contribution >= 0.6 is 0 Å². The summed E-state index contributed by atoms with van der Waals surface area (Å²) < 4.78 is 10.8. The van der Waals surface area contributed by atoms with Crippen molar-refractivity contribution in [3.63, 3.8) is 0 Å². The molecule has 2 aromatic carbocycles. The predicted octanol–water partition coefficient (Wildman–Crippen LogP) is 3.18. The van der Waals surface area contributed by atoms with E-state index in [0.29, 0.717) is 6.61 Å². The van der Waals surface area contributed by atoms with Gasteiger partial charge < -0.3 is 20.1 Å². The van der Waals surface area contributed by atoms with Crippen LogP contribution < -0.4 is 20.1 Å². The topological polar surface area (TPSA) is 47.7 Å². The number of nitrogens with zero attached hydrogens (tertiary/aromatic N) is 1. The first kappa shape index (κ1) is 15.0. The van der Waals surface area contributed by atoms with E-state index >= 15 is 0 Å². The molecule has 0 aliphatic rings. The number of anilines is 2. The van der Waals surface area contributed by atoms with Crippen molar-refractivity contribution in [2.45, 2.75) is 6.42 Å². The summed E-state index contributed by atoms with van der Waals surface area (Å²) in [7, 11) is 3.75. The Morgan fingerprint density at radius 3 is 2.19 bits per heavy atom. The minimum Gasteiger partial charge on any atom is -0.497 e. The molecule has 0 amide bonds. The van der Waals surface area contributed by atoms with E-state index in [4.69, 9.17) is 15.2 Å². The van der Waals surface area contributed by atoms with Crippen molar-refractivity contribution in [1.82, 2.24) is 0 Å². The second-order valence-corrected chi connectivity index (χ2v) is 4.89. The van der Waals surface area contributed by atoms with Gasteiger partial charge in [0, 0.05) is 25.0 Å². The Balaban J connectivity index is 1.73. The Morgan fingerprint density at radius 1 is 0.952 bits per heavy atom. The number of nitrogen functional groups attached to an aromatic ring is 1. The molecule has 0 atom stereocenters. The lowest BCUT2D eigenvalue weighted by Gasteiger charge is -2.19. The Kier molecular flexibility index (Phi) is 5.32. The van der Waals surface area contributed by atoms with Gasteiger partial charge >= 0.3 is 0 Å². The van der Waals surface area contributed by atoms with Crippen LogP contribution in [0.1, 0.15) is 6.42 Å². The average Bonchev–Trinajstić information content (AvgIpc) is 2.53. The summed E-state index contributed by atoms with van der Waals surface area (Å²) in [4.78, 5) is 2.20. The molecule has 0 aromatic heterocycles. The molecule has 4 heteroatoms. The van der Waals surface area contributed by atoms with Crippen LogP contribution in [0.2, 0.25) is 0 Å². The monoisotopic (exact) mass is 286 g/mol. The van der Waals surface area contributed by atoms with E-state index in [1.54, 1.807) is 7.11 Å². The zero-order chi connectivity index (χ0) is 15.1. The maximum Gasteiger partial charge on any atom is 0.119 e. The van der Waals surface area contributed by atoms with Crippen molar-refractivity contribution in [3.05, 3.63) is 48.5 Å². The van der Waals surface area contributed by atoms with E-state index < -0.39 is 0 Å². The quantitative estimate of drug-likeness (QED) is 0.627. The highest BCUT2D eigenvalue weighted by atomic mass is 16.5. The lowest BCUT2D eigenvalue weighted by atomic mass is 10.2. The fraction of sp³-hybridized carbons (Fsp3) is 0.294. The Hall–Kier alpha value is -2.36. The first-order valence-corrected chi connectivity index (χ1v) is 7.02. The van der Waals surface area contributed by atoms with E-state index in [2.05, 4.69) is 24.1 Å². The molecule has 4 nitrogen and oxygen atoms in total. The SMILES string of the molecule is COc1ccc(N(C)CCCOc2ccc(N)cc2)cc1. The third kappa shape index (κ3) is 4.60. The Morgan fingerprint density at radius 2 is 1.57 bits per heavy atom. The number of ether oxygens (including phenoxy) is 2. The Labute approximate surface area is 126 Å². The summed E-state index contributed by atoms with van der Waals surface area (Å²) in [5, 5.41) is 0. The fourth-order valence-electron chi connectivity index (χ4n) is 2.02. The number of hydrogen-bond acceptors (Lipinski definition) is 4. The molecule has 0 radical (unpaired) electrons. The van der Waals surface area contributed by atoms with Crippen LogP contribution in [0.5, 0.6) is 11.5 Å². The number of methoxy groups -OCH3 is 1. The summed E-state index contributed by atoms with van der Waals surface area (Å²) in [5.41, 5.74) is 7.56. The molecule has 0 aliphatic carbocycles. The summed E-state index contributed by atoms with van der Waals surface area (Å²) in [6.07, 6.45) is 0.951. The van der Waals surface area contributed by atoms with Gasteiger partial charge in [0.25, 0.3) is 0 Å². The largest absolute Gasteiger partial charge is 0.497 e. The van der Waals surface area contributed by atoms with Crippen LogP contribution in [0, 0.1) is 0 Å². The highest BCUT2D eigenvalue weighted by molar-refractivity contribution is 5.48. The zero-order valence-electron chi connectivity index (χ0n) is 12.6. The lowest BCUT2D eigenvalue weighted by Crippen LogP contribution is -2.20. The summed E-state index contributed by atoms with van der Waals surface area (Å²) >= 11 is 0. The van der Waals surface area contributed by atoms with Crippen LogP contribution in [-0.2, 0) is 0 Å². The molecule has 0 aliphatic heterocycles. The normalized spacial score (nSPS) is 10.2. The van der Waals surface area contributed by atoms with Crippen LogP contribution in [0.25, 0.3) is 0 Å². The summed E-state index contributed by atoms with van der Waals surface area (Å²) in [5.74, 6) is 1.73. The molecule has 0 unspecified atom stereocenters. The van der Waals surface area contributed by atoms with Gasteiger partial charge in [-0.05, 0) is 55.0 Å². The van der Waals surface area contributed by atoms with Crippen molar-refractivity contribution >= 4 is 11.4 Å². The minimum atomic E-state index is 0.685. The number of hydrogen-bond donors (Lipinski definition) is 1. The molecule has 2 rings (SSSR count). The first-order chi connectivity index (χ1) is 10.2.